The summed E-state index contributed by atoms with van der Waals surface area (Å²) < 4.78 is 7.26. The fourth-order valence-electron chi connectivity index (χ4n) is 2.83. The summed E-state index contributed by atoms with van der Waals surface area (Å²) in [7, 11) is 0. The first kappa shape index (κ1) is 19.8. The lowest BCUT2D eigenvalue weighted by Crippen LogP contribution is -2.15. The van der Waals surface area contributed by atoms with Crippen LogP contribution in [0.1, 0.15) is 37.0 Å². The molecule has 4 aromatic rings. The average Bonchev–Trinajstić information content (AvgIpc) is 3.36. The van der Waals surface area contributed by atoms with Crippen LogP contribution in [0.25, 0.3) is 17.3 Å². The topological polar surface area (TPSA) is 85.8 Å². The maximum Gasteiger partial charge on any atom is 0.292 e. The maximum atomic E-state index is 12.9. The number of rotatable bonds is 4. The highest BCUT2D eigenvalue weighted by Crippen LogP contribution is 2.30. The zero-order chi connectivity index (χ0) is 21.3. The molecular weight excluding hydrogens is 402 g/mol. The van der Waals surface area contributed by atoms with Gasteiger partial charge in [-0.25, -0.2) is 9.97 Å². The zero-order valence-electron chi connectivity index (χ0n) is 16.8. The number of hydrogen-bond acceptors (Lipinski definition) is 5. The van der Waals surface area contributed by atoms with Gasteiger partial charge in [0.2, 0.25) is 0 Å². The van der Waals surface area contributed by atoms with E-state index in [1.54, 1.807) is 36.7 Å². The first-order valence-corrected chi connectivity index (χ1v) is 9.75. The van der Waals surface area contributed by atoms with Crippen molar-refractivity contribution in [2.24, 2.45) is 0 Å². The lowest BCUT2D eigenvalue weighted by molar-refractivity contribution is 0.0996. The number of carbonyl (C=O) groups is 1. The third-order valence-electron chi connectivity index (χ3n) is 4.43. The van der Waals surface area contributed by atoms with Gasteiger partial charge in [0.15, 0.2) is 5.76 Å². The first-order chi connectivity index (χ1) is 14.3. The SMILES string of the molecule is CC(C)(C)c1cc(NC(=O)c2ccc(-c3ccccc3Cl)o2)n(-c2ncccn2)n1. The summed E-state index contributed by atoms with van der Waals surface area (Å²) in [5, 5.41) is 7.99. The Labute approximate surface area is 178 Å². The molecule has 0 unspecified atom stereocenters. The van der Waals surface area contributed by atoms with E-state index in [2.05, 4.69) is 20.4 Å². The Morgan fingerprint density at radius 1 is 1.07 bits per heavy atom. The zero-order valence-corrected chi connectivity index (χ0v) is 17.5. The van der Waals surface area contributed by atoms with Gasteiger partial charge in [0.1, 0.15) is 11.6 Å². The molecule has 4 rings (SSSR count). The van der Waals surface area contributed by atoms with Crippen LogP contribution >= 0.6 is 11.6 Å². The molecule has 8 heteroatoms. The van der Waals surface area contributed by atoms with Gasteiger partial charge >= 0.3 is 0 Å². The molecule has 0 spiro atoms. The molecule has 1 aromatic carbocycles. The number of amides is 1. The molecule has 152 valence electrons. The van der Waals surface area contributed by atoms with E-state index >= 15 is 0 Å². The number of aromatic nitrogens is 4. The maximum absolute atomic E-state index is 12.9. The quantitative estimate of drug-likeness (QED) is 0.494. The van der Waals surface area contributed by atoms with Crippen LogP contribution in [0.3, 0.4) is 0 Å². The standard InChI is InChI=1S/C22H20ClN5O2/c1-22(2,3)18-13-19(28(27-18)21-24-11-6-12-25-21)26-20(29)17-10-9-16(30-17)14-7-4-5-8-15(14)23/h4-13H,1-3H3,(H,26,29). The Balaban J connectivity index is 1.65. The number of furan rings is 1. The van der Waals surface area contributed by atoms with Crippen LogP contribution in [0.5, 0.6) is 0 Å². The third-order valence-corrected chi connectivity index (χ3v) is 4.76. The predicted octanol–water partition coefficient (Wildman–Crippen LogP) is 5.13. The van der Waals surface area contributed by atoms with E-state index in [0.717, 1.165) is 11.3 Å². The Morgan fingerprint density at radius 3 is 2.50 bits per heavy atom. The molecule has 3 heterocycles. The van der Waals surface area contributed by atoms with Gasteiger partial charge in [0, 0.05) is 29.4 Å². The molecular formula is C22H20ClN5O2. The molecule has 1 amide bonds. The Kier molecular flexibility index (Phi) is 5.13. The van der Waals surface area contributed by atoms with E-state index in [4.69, 9.17) is 16.0 Å². The molecule has 0 saturated carbocycles. The predicted molar refractivity (Wildman–Crippen MR) is 115 cm³/mol. The summed E-state index contributed by atoms with van der Waals surface area (Å²) in [5.74, 6) is 1.07. The Hall–Kier alpha value is -3.45. The molecule has 7 nitrogen and oxygen atoms in total. The second-order valence-corrected chi connectivity index (χ2v) is 8.13. The van der Waals surface area contributed by atoms with Gasteiger partial charge in [0.25, 0.3) is 11.9 Å². The van der Waals surface area contributed by atoms with Crippen LogP contribution in [-0.2, 0) is 5.41 Å². The first-order valence-electron chi connectivity index (χ1n) is 9.37. The van der Waals surface area contributed by atoms with Gasteiger partial charge in [-0.3, -0.25) is 4.79 Å². The second kappa shape index (κ2) is 7.76. The van der Waals surface area contributed by atoms with Crippen molar-refractivity contribution in [2.45, 2.75) is 26.2 Å². The van der Waals surface area contributed by atoms with Crippen molar-refractivity contribution in [1.29, 1.82) is 0 Å². The summed E-state index contributed by atoms with van der Waals surface area (Å²) in [4.78, 5) is 21.3. The Bertz CT molecular complexity index is 1190. The smallest absolute Gasteiger partial charge is 0.292 e. The number of anilines is 1. The van der Waals surface area contributed by atoms with E-state index in [9.17, 15) is 4.79 Å². The molecule has 0 saturated heterocycles. The fourth-order valence-corrected chi connectivity index (χ4v) is 3.06. The highest BCUT2D eigenvalue weighted by molar-refractivity contribution is 6.33. The molecule has 0 aliphatic rings. The van der Waals surface area contributed by atoms with E-state index < -0.39 is 5.91 Å². The van der Waals surface area contributed by atoms with Gasteiger partial charge in [-0.2, -0.15) is 9.78 Å². The molecule has 3 aromatic heterocycles. The summed E-state index contributed by atoms with van der Waals surface area (Å²) in [6, 6.07) is 14.2. The summed E-state index contributed by atoms with van der Waals surface area (Å²) in [6.07, 6.45) is 3.24. The van der Waals surface area contributed by atoms with Crippen LogP contribution in [-0.4, -0.2) is 25.7 Å². The number of benzene rings is 1. The monoisotopic (exact) mass is 421 g/mol. The molecule has 1 N–H and O–H groups in total. The molecule has 0 atom stereocenters. The normalized spacial score (nSPS) is 11.5. The molecule has 0 bridgehead atoms. The van der Waals surface area contributed by atoms with E-state index in [1.165, 1.54) is 4.68 Å². The number of nitrogens with zero attached hydrogens (tertiary/aromatic N) is 4. The van der Waals surface area contributed by atoms with Crippen LogP contribution in [0.4, 0.5) is 5.82 Å². The number of nitrogens with one attached hydrogen (secondary N) is 1. The van der Waals surface area contributed by atoms with E-state index in [0.29, 0.717) is 22.5 Å². The van der Waals surface area contributed by atoms with Gasteiger partial charge in [-0.1, -0.05) is 44.5 Å². The number of halogens is 1. The van der Waals surface area contributed by atoms with Gasteiger partial charge in [-0.05, 0) is 30.3 Å². The highest BCUT2D eigenvalue weighted by atomic mass is 35.5. The van der Waals surface area contributed by atoms with Crippen molar-refractivity contribution in [2.75, 3.05) is 5.32 Å². The van der Waals surface area contributed by atoms with E-state index in [1.807, 2.05) is 45.0 Å². The van der Waals surface area contributed by atoms with Crippen molar-refractivity contribution in [3.8, 4) is 17.3 Å². The number of carbonyl (C=O) groups excluding carboxylic acids is 1. The van der Waals surface area contributed by atoms with Crippen molar-refractivity contribution >= 4 is 23.3 Å². The largest absolute Gasteiger partial charge is 0.451 e. The molecule has 0 aliphatic carbocycles. The minimum absolute atomic E-state index is 0.156. The van der Waals surface area contributed by atoms with Crippen molar-refractivity contribution in [1.82, 2.24) is 19.7 Å². The van der Waals surface area contributed by atoms with Crippen LogP contribution < -0.4 is 5.32 Å². The highest BCUT2D eigenvalue weighted by Gasteiger charge is 2.23. The molecule has 0 fully saturated rings. The summed E-state index contributed by atoms with van der Waals surface area (Å²) in [5.41, 5.74) is 1.29. The lowest BCUT2D eigenvalue weighted by Gasteiger charge is -2.13. The van der Waals surface area contributed by atoms with Crippen LogP contribution in [0, 0.1) is 0 Å². The average molecular weight is 422 g/mol. The molecule has 30 heavy (non-hydrogen) atoms. The van der Waals surface area contributed by atoms with E-state index in [-0.39, 0.29) is 11.2 Å². The lowest BCUT2D eigenvalue weighted by atomic mass is 9.92. The van der Waals surface area contributed by atoms with Crippen LogP contribution in [0.2, 0.25) is 5.02 Å². The summed E-state index contributed by atoms with van der Waals surface area (Å²) >= 11 is 6.23. The molecule has 0 radical (unpaired) electrons. The minimum Gasteiger partial charge on any atom is -0.451 e. The summed E-state index contributed by atoms with van der Waals surface area (Å²) in [6.45, 7) is 6.12. The number of hydrogen-bond donors (Lipinski definition) is 1. The van der Waals surface area contributed by atoms with Crippen molar-refractivity contribution in [3.05, 3.63) is 77.4 Å². The third kappa shape index (κ3) is 3.97. The van der Waals surface area contributed by atoms with Gasteiger partial charge in [0.05, 0.1) is 10.7 Å². The van der Waals surface area contributed by atoms with Gasteiger partial charge < -0.3 is 9.73 Å². The van der Waals surface area contributed by atoms with Gasteiger partial charge in [-0.15, -0.1) is 0 Å². The van der Waals surface area contributed by atoms with Crippen molar-refractivity contribution in [3.63, 3.8) is 0 Å². The van der Waals surface area contributed by atoms with Crippen molar-refractivity contribution < 1.29 is 9.21 Å². The second-order valence-electron chi connectivity index (χ2n) is 7.72. The Morgan fingerprint density at radius 2 is 1.80 bits per heavy atom. The fraction of sp³-hybridized carbons (Fsp3) is 0.182. The molecule has 0 aliphatic heterocycles. The minimum atomic E-state index is -0.411. The van der Waals surface area contributed by atoms with Crippen LogP contribution in [0.15, 0.2) is 65.3 Å².